The van der Waals surface area contributed by atoms with Crippen molar-refractivity contribution in [2.24, 2.45) is 5.92 Å². The molecule has 0 spiro atoms. The normalized spacial score (nSPS) is 27.3. The van der Waals surface area contributed by atoms with Gasteiger partial charge in [0.25, 0.3) is 0 Å². The van der Waals surface area contributed by atoms with Gasteiger partial charge in [-0.3, -0.25) is 4.90 Å². The Hall–Kier alpha value is -0.840. The maximum Gasteiger partial charge on any atom is 0.128 e. The first kappa shape index (κ1) is 17.0. The van der Waals surface area contributed by atoms with Crippen LogP contribution in [0.5, 0.6) is 0 Å². The molecule has 0 saturated carbocycles. The van der Waals surface area contributed by atoms with E-state index >= 15 is 0 Å². The number of morpholine rings is 1. The first-order valence-electron chi connectivity index (χ1n) is 8.84. The van der Waals surface area contributed by atoms with Crippen LogP contribution in [0, 0.1) is 5.92 Å². The van der Waals surface area contributed by atoms with Gasteiger partial charge in [-0.1, -0.05) is 11.6 Å². The smallest absolute Gasteiger partial charge is 0.128 e. The SMILES string of the molecule is CC1CN(CCC2CCN(c3ccc(Cl)cn3)CC2)CC(C)O1. The summed E-state index contributed by atoms with van der Waals surface area (Å²) in [6.45, 7) is 9.95. The fourth-order valence-corrected chi connectivity index (χ4v) is 3.95. The highest BCUT2D eigenvalue weighted by molar-refractivity contribution is 6.30. The maximum absolute atomic E-state index is 5.91. The topological polar surface area (TPSA) is 28.6 Å². The average Bonchev–Trinajstić information content (AvgIpc) is 2.53. The van der Waals surface area contributed by atoms with Gasteiger partial charge < -0.3 is 9.64 Å². The second kappa shape index (κ2) is 7.82. The first-order chi connectivity index (χ1) is 11.1. The molecule has 2 atom stereocenters. The van der Waals surface area contributed by atoms with E-state index in [0.717, 1.165) is 37.9 Å². The van der Waals surface area contributed by atoms with Crippen LogP contribution in [0.2, 0.25) is 5.02 Å². The summed E-state index contributed by atoms with van der Waals surface area (Å²) in [5, 5.41) is 0.706. The van der Waals surface area contributed by atoms with E-state index in [0.29, 0.717) is 17.2 Å². The van der Waals surface area contributed by atoms with Crippen molar-refractivity contribution in [3.05, 3.63) is 23.4 Å². The number of halogens is 1. The van der Waals surface area contributed by atoms with E-state index in [-0.39, 0.29) is 0 Å². The Balaban J connectivity index is 1.41. The van der Waals surface area contributed by atoms with E-state index in [9.17, 15) is 0 Å². The molecule has 0 aromatic carbocycles. The minimum Gasteiger partial charge on any atom is -0.373 e. The fourth-order valence-electron chi connectivity index (χ4n) is 3.84. The van der Waals surface area contributed by atoms with Crippen LogP contribution in [0.15, 0.2) is 18.3 Å². The molecule has 128 valence electrons. The molecule has 0 N–H and O–H groups in total. The van der Waals surface area contributed by atoms with Gasteiger partial charge in [0.1, 0.15) is 5.82 Å². The number of hydrogen-bond acceptors (Lipinski definition) is 4. The van der Waals surface area contributed by atoms with Crippen LogP contribution >= 0.6 is 11.6 Å². The summed E-state index contributed by atoms with van der Waals surface area (Å²) < 4.78 is 5.81. The minimum absolute atomic E-state index is 0.372. The molecule has 0 radical (unpaired) electrons. The summed E-state index contributed by atoms with van der Waals surface area (Å²) >= 11 is 5.91. The third kappa shape index (κ3) is 4.82. The number of rotatable bonds is 4. The number of anilines is 1. The van der Waals surface area contributed by atoms with E-state index < -0.39 is 0 Å². The van der Waals surface area contributed by atoms with Gasteiger partial charge in [0, 0.05) is 32.4 Å². The lowest BCUT2D eigenvalue weighted by atomic mass is 9.93. The van der Waals surface area contributed by atoms with Gasteiger partial charge in [0.15, 0.2) is 0 Å². The largest absolute Gasteiger partial charge is 0.373 e. The van der Waals surface area contributed by atoms with Gasteiger partial charge >= 0.3 is 0 Å². The maximum atomic E-state index is 5.91. The van der Waals surface area contributed by atoms with Gasteiger partial charge in [-0.15, -0.1) is 0 Å². The Kier molecular flexibility index (Phi) is 5.78. The number of hydrogen-bond donors (Lipinski definition) is 0. The Morgan fingerprint density at radius 1 is 1.17 bits per heavy atom. The highest BCUT2D eigenvalue weighted by Crippen LogP contribution is 2.25. The van der Waals surface area contributed by atoms with Crippen molar-refractivity contribution in [3.8, 4) is 0 Å². The van der Waals surface area contributed by atoms with E-state index in [1.807, 2.05) is 12.1 Å². The van der Waals surface area contributed by atoms with Gasteiger partial charge in [-0.2, -0.15) is 0 Å². The molecule has 5 heteroatoms. The molecule has 0 amide bonds. The number of ether oxygens (including phenoxy) is 1. The van der Waals surface area contributed by atoms with Gasteiger partial charge in [0.05, 0.1) is 17.2 Å². The molecule has 1 aromatic rings. The summed E-state index contributed by atoms with van der Waals surface area (Å²) in [5.74, 6) is 1.90. The lowest BCUT2D eigenvalue weighted by Gasteiger charge is -2.37. The molecule has 2 saturated heterocycles. The molecule has 4 nitrogen and oxygen atoms in total. The quantitative estimate of drug-likeness (QED) is 0.841. The highest BCUT2D eigenvalue weighted by atomic mass is 35.5. The molecule has 3 heterocycles. The summed E-state index contributed by atoms with van der Waals surface area (Å²) in [6, 6.07) is 3.95. The van der Waals surface area contributed by atoms with Crippen LogP contribution in [-0.2, 0) is 4.74 Å². The van der Waals surface area contributed by atoms with E-state index in [1.54, 1.807) is 6.20 Å². The summed E-state index contributed by atoms with van der Waals surface area (Å²) in [7, 11) is 0. The lowest BCUT2D eigenvalue weighted by molar-refractivity contribution is -0.0690. The molecule has 2 aliphatic heterocycles. The average molecular weight is 338 g/mol. The molecular weight excluding hydrogens is 310 g/mol. The van der Waals surface area contributed by atoms with Gasteiger partial charge in [0.2, 0.25) is 0 Å². The van der Waals surface area contributed by atoms with Crippen LogP contribution in [-0.4, -0.2) is 54.8 Å². The van der Waals surface area contributed by atoms with E-state index in [1.165, 1.54) is 25.8 Å². The molecule has 2 fully saturated rings. The predicted octanol–water partition coefficient (Wildman–Crippen LogP) is 3.45. The third-order valence-corrected chi connectivity index (χ3v) is 5.22. The molecule has 0 aliphatic carbocycles. The molecule has 0 bridgehead atoms. The van der Waals surface area contributed by atoms with Gasteiger partial charge in [-0.25, -0.2) is 4.98 Å². The summed E-state index contributed by atoms with van der Waals surface area (Å²) in [5.41, 5.74) is 0. The summed E-state index contributed by atoms with van der Waals surface area (Å²) in [6.07, 6.45) is 6.32. The Labute approximate surface area is 144 Å². The van der Waals surface area contributed by atoms with Crippen LogP contribution in [0.25, 0.3) is 0 Å². The van der Waals surface area contributed by atoms with Crippen molar-refractivity contribution in [3.63, 3.8) is 0 Å². The highest BCUT2D eigenvalue weighted by Gasteiger charge is 2.24. The zero-order chi connectivity index (χ0) is 16.2. The van der Waals surface area contributed by atoms with Gasteiger partial charge in [-0.05, 0) is 57.7 Å². The third-order valence-electron chi connectivity index (χ3n) is 5.00. The molecule has 2 unspecified atom stereocenters. The van der Waals surface area contributed by atoms with Crippen molar-refractivity contribution in [1.82, 2.24) is 9.88 Å². The molecule has 1 aromatic heterocycles. The first-order valence-corrected chi connectivity index (χ1v) is 9.22. The van der Waals surface area contributed by atoms with Crippen LogP contribution in [0.4, 0.5) is 5.82 Å². The zero-order valence-electron chi connectivity index (χ0n) is 14.2. The molecule has 2 aliphatic rings. The molecule has 23 heavy (non-hydrogen) atoms. The Morgan fingerprint density at radius 2 is 1.87 bits per heavy atom. The summed E-state index contributed by atoms with van der Waals surface area (Å²) in [4.78, 5) is 9.39. The fraction of sp³-hybridized carbons (Fsp3) is 0.722. The van der Waals surface area contributed by atoms with E-state index in [2.05, 4.69) is 28.6 Å². The van der Waals surface area contributed by atoms with Crippen molar-refractivity contribution >= 4 is 17.4 Å². The second-order valence-corrected chi connectivity index (χ2v) is 7.51. The number of piperidine rings is 1. The molecule has 3 rings (SSSR count). The van der Waals surface area contributed by atoms with Crippen LogP contribution in [0.1, 0.15) is 33.1 Å². The molecular formula is C18H28ClN3O. The predicted molar refractivity (Wildman–Crippen MR) is 95.3 cm³/mol. The standard InChI is InChI=1S/C18H28ClN3O/c1-14-12-21(13-15(2)23-14)8-5-16-6-9-22(10-7-16)18-4-3-17(19)11-20-18/h3-4,11,14-16H,5-10,12-13H2,1-2H3. The van der Waals surface area contributed by atoms with Crippen molar-refractivity contribution in [1.29, 1.82) is 0 Å². The van der Waals surface area contributed by atoms with Crippen molar-refractivity contribution in [2.75, 3.05) is 37.6 Å². The minimum atomic E-state index is 0.372. The second-order valence-electron chi connectivity index (χ2n) is 7.07. The van der Waals surface area contributed by atoms with Crippen molar-refractivity contribution < 1.29 is 4.74 Å². The Morgan fingerprint density at radius 3 is 2.48 bits per heavy atom. The van der Waals surface area contributed by atoms with Crippen molar-refractivity contribution in [2.45, 2.75) is 45.3 Å². The lowest BCUT2D eigenvalue weighted by Crippen LogP contribution is -2.46. The number of pyridine rings is 1. The van der Waals surface area contributed by atoms with Crippen LogP contribution < -0.4 is 4.90 Å². The Bertz CT molecular complexity index is 478. The van der Waals surface area contributed by atoms with E-state index in [4.69, 9.17) is 16.3 Å². The monoisotopic (exact) mass is 337 g/mol. The number of nitrogens with zero attached hydrogens (tertiary/aromatic N) is 3. The number of aromatic nitrogens is 1. The zero-order valence-corrected chi connectivity index (χ0v) is 15.0. The van der Waals surface area contributed by atoms with Crippen LogP contribution in [0.3, 0.4) is 0 Å².